The molecule has 2 heteroatoms. The van der Waals surface area contributed by atoms with Crippen LogP contribution in [0.4, 0.5) is 0 Å². The smallest absolute Gasteiger partial charge is 0.163 e. The maximum Gasteiger partial charge on any atom is 0.163 e. The quantitative estimate of drug-likeness (QED) is 0.788. The minimum atomic E-state index is 0.154. The minimum Gasteiger partial charge on any atom is -0.497 e. The van der Waals surface area contributed by atoms with Crippen molar-refractivity contribution < 1.29 is 9.53 Å². The van der Waals surface area contributed by atoms with Gasteiger partial charge in [0.25, 0.3) is 0 Å². The van der Waals surface area contributed by atoms with E-state index in [0.717, 1.165) is 23.3 Å². The van der Waals surface area contributed by atoms with E-state index in [1.165, 1.54) is 11.1 Å². The molecule has 3 rings (SSSR count). The molecule has 1 atom stereocenters. The van der Waals surface area contributed by atoms with Crippen molar-refractivity contribution in [2.75, 3.05) is 7.11 Å². The molecule has 0 fully saturated rings. The fourth-order valence-corrected chi connectivity index (χ4v) is 3.30. The number of carbonyl (C=O) groups excluding carboxylic acids is 1. The molecule has 2 aromatic rings. The Kier molecular flexibility index (Phi) is 4.01. The summed E-state index contributed by atoms with van der Waals surface area (Å²) in [4.78, 5) is 12.5. The van der Waals surface area contributed by atoms with Gasteiger partial charge in [0.15, 0.2) is 5.78 Å². The summed E-state index contributed by atoms with van der Waals surface area (Å²) in [5.41, 5.74) is 4.69. The monoisotopic (exact) mass is 308 g/mol. The zero-order chi connectivity index (χ0) is 16.6. The van der Waals surface area contributed by atoms with Gasteiger partial charge in [-0.05, 0) is 52.6 Å². The Balaban J connectivity index is 1.89. The Morgan fingerprint density at radius 1 is 1.00 bits per heavy atom. The second-order valence-corrected chi connectivity index (χ2v) is 7.42. The highest BCUT2D eigenvalue weighted by atomic mass is 16.5. The number of hydrogen-bond acceptors (Lipinski definition) is 2. The van der Waals surface area contributed by atoms with E-state index in [1.807, 2.05) is 18.2 Å². The van der Waals surface area contributed by atoms with Crippen LogP contribution in [0.5, 0.6) is 5.75 Å². The zero-order valence-corrected chi connectivity index (χ0v) is 14.3. The normalized spacial score (nSPS) is 17.7. The molecule has 0 saturated carbocycles. The summed E-state index contributed by atoms with van der Waals surface area (Å²) in [5.74, 6) is 1.32. The van der Waals surface area contributed by atoms with Gasteiger partial charge in [0, 0.05) is 12.0 Å². The standard InChI is InChI=1S/C21H24O2/c1-21(2,3)17-7-5-14(6-8-17)15-11-16-12-18(23-4)9-10-19(16)20(22)13-15/h5-10,12,15H,11,13H2,1-4H3. The molecule has 0 bridgehead atoms. The van der Waals surface area contributed by atoms with Gasteiger partial charge in [-0.25, -0.2) is 0 Å². The molecule has 0 aliphatic heterocycles. The molecule has 23 heavy (non-hydrogen) atoms. The average Bonchev–Trinajstić information content (AvgIpc) is 2.53. The van der Waals surface area contributed by atoms with Crippen molar-refractivity contribution in [3.05, 3.63) is 64.7 Å². The number of carbonyl (C=O) groups is 1. The van der Waals surface area contributed by atoms with Crippen LogP contribution in [0, 0.1) is 0 Å². The summed E-state index contributed by atoms with van der Waals surface area (Å²) in [6.45, 7) is 6.65. The van der Waals surface area contributed by atoms with Gasteiger partial charge in [-0.3, -0.25) is 4.79 Å². The molecule has 0 heterocycles. The summed E-state index contributed by atoms with van der Waals surface area (Å²) in [5, 5.41) is 0. The average molecular weight is 308 g/mol. The van der Waals surface area contributed by atoms with Crippen molar-refractivity contribution in [3.63, 3.8) is 0 Å². The van der Waals surface area contributed by atoms with Crippen molar-refractivity contribution in [1.82, 2.24) is 0 Å². The van der Waals surface area contributed by atoms with E-state index in [1.54, 1.807) is 7.11 Å². The van der Waals surface area contributed by atoms with Gasteiger partial charge in [0.05, 0.1) is 7.11 Å². The molecule has 1 aliphatic rings. The van der Waals surface area contributed by atoms with Crippen LogP contribution in [0.3, 0.4) is 0 Å². The van der Waals surface area contributed by atoms with E-state index >= 15 is 0 Å². The van der Waals surface area contributed by atoms with E-state index in [4.69, 9.17) is 4.74 Å². The Bertz CT molecular complexity index is 720. The van der Waals surface area contributed by atoms with Gasteiger partial charge in [-0.15, -0.1) is 0 Å². The number of Topliss-reactive ketones (excluding diaryl/α,β-unsaturated/α-hetero) is 1. The molecule has 120 valence electrons. The van der Waals surface area contributed by atoms with Gasteiger partial charge in [-0.2, -0.15) is 0 Å². The minimum absolute atomic E-state index is 0.154. The summed E-state index contributed by atoms with van der Waals surface area (Å²) in [6.07, 6.45) is 1.49. The first-order valence-corrected chi connectivity index (χ1v) is 8.19. The predicted molar refractivity (Wildman–Crippen MR) is 93.5 cm³/mol. The number of ketones is 1. The van der Waals surface area contributed by atoms with Crippen LogP contribution in [0.2, 0.25) is 0 Å². The van der Waals surface area contributed by atoms with Crippen molar-refractivity contribution in [3.8, 4) is 5.75 Å². The number of fused-ring (bicyclic) bond motifs is 1. The number of benzene rings is 2. The summed E-state index contributed by atoms with van der Waals surface area (Å²) < 4.78 is 5.30. The van der Waals surface area contributed by atoms with Crippen molar-refractivity contribution in [2.24, 2.45) is 0 Å². The third kappa shape index (κ3) is 3.17. The third-order valence-corrected chi connectivity index (χ3v) is 4.76. The molecule has 1 aliphatic carbocycles. The van der Waals surface area contributed by atoms with Crippen LogP contribution in [0.1, 0.15) is 60.2 Å². The maximum atomic E-state index is 12.5. The molecular formula is C21H24O2. The lowest BCUT2D eigenvalue weighted by Gasteiger charge is -2.25. The number of ether oxygens (including phenoxy) is 1. The van der Waals surface area contributed by atoms with E-state index < -0.39 is 0 Å². The molecule has 0 radical (unpaired) electrons. The van der Waals surface area contributed by atoms with Crippen LogP contribution >= 0.6 is 0 Å². The van der Waals surface area contributed by atoms with E-state index in [2.05, 4.69) is 45.0 Å². The lowest BCUT2D eigenvalue weighted by molar-refractivity contribution is 0.0964. The van der Waals surface area contributed by atoms with Gasteiger partial charge >= 0.3 is 0 Å². The summed E-state index contributed by atoms with van der Waals surface area (Å²) in [7, 11) is 1.66. The molecular weight excluding hydrogens is 284 g/mol. The largest absolute Gasteiger partial charge is 0.497 e. The fraction of sp³-hybridized carbons (Fsp3) is 0.381. The molecule has 0 saturated heterocycles. The number of methoxy groups -OCH3 is 1. The summed E-state index contributed by atoms with van der Waals surface area (Å²) >= 11 is 0. The predicted octanol–water partition coefficient (Wildman–Crippen LogP) is 4.91. The molecule has 2 nitrogen and oxygen atoms in total. The lowest BCUT2D eigenvalue weighted by atomic mass is 9.78. The van der Waals surface area contributed by atoms with E-state index in [9.17, 15) is 4.79 Å². The molecule has 0 spiro atoms. The summed E-state index contributed by atoms with van der Waals surface area (Å²) in [6, 6.07) is 14.5. The molecule has 0 amide bonds. The first-order chi connectivity index (χ1) is 10.9. The second-order valence-electron chi connectivity index (χ2n) is 7.42. The first-order valence-electron chi connectivity index (χ1n) is 8.19. The molecule has 1 unspecified atom stereocenters. The number of rotatable bonds is 2. The van der Waals surface area contributed by atoms with Crippen LogP contribution in [0.15, 0.2) is 42.5 Å². The highest BCUT2D eigenvalue weighted by Crippen LogP contribution is 2.35. The fourth-order valence-electron chi connectivity index (χ4n) is 3.30. The Labute approximate surface area is 138 Å². The zero-order valence-electron chi connectivity index (χ0n) is 14.3. The topological polar surface area (TPSA) is 26.3 Å². The Morgan fingerprint density at radius 3 is 2.30 bits per heavy atom. The highest BCUT2D eigenvalue weighted by Gasteiger charge is 2.26. The maximum absolute atomic E-state index is 12.5. The second kappa shape index (κ2) is 5.84. The highest BCUT2D eigenvalue weighted by molar-refractivity contribution is 5.99. The van der Waals surface area contributed by atoms with Gasteiger partial charge in [0.1, 0.15) is 5.75 Å². The van der Waals surface area contributed by atoms with Gasteiger partial charge < -0.3 is 4.74 Å². The van der Waals surface area contributed by atoms with E-state index in [0.29, 0.717) is 6.42 Å². The Morgan fingerprint density at radius 2 is 1.70 bits per heavy atom. The SMILES string of the molecule is COc1ccc2c(c1)CC(c1ccc(C(C)(C)C)cc1)CC2=O. The van der Waals surface area contributed by atoms with Crippen molar-refractivity contribution in [1.29, 1.82) is 0 Å². The van der Waals surface area contributed by atoms with Crippen molar-refractivity contribution in [2.45, 2.75) is 44.9 Å². The lowest BCUT2D eigenvalue weighted by Crippen LogP contribution is -2.19. The Hall–Kier alpha value is -2.09. The van der Waals surface area contributed by atoms with Crippen LogP contribution in [-0.4, -0.2) is 12.9 Å². The third-order valence-electron chi connectivity index (χ3n) is 4.76. The van der Waals surface area contributed by atoms with E-state index in [-0.39, 0.29) is 17.1 Å². The molecule has 0 N–H and O–H groups in total. The van der Waals surface area contributed by atoms with Gasteiger partial charge in [0.2, 0.25) is 0 Å². The molecule has 2 aromatic carbocycles. The van der Waals surface area contributed by atoms with Crippen LogP contribution in [0.25, 0.3) is 0 Å². The first kappa shape index (κ1) is 15.8. The molecule has 0 aromatic heterocycles. The number of hydrogen-bond donors (Lipinski definition) is 0. The van der Waals surface area contributed by atoms with Gasteiger partial charge in [-0.1, -0.05) is 45.0 Å². The van der Waals surface area contributed by atoms with Crippen LogP contribution < -0.4 is 4.74 Å². The van der Waals surface area contributed by atoms with Crippen molar-refractivity contribution >= 4 is 5.78 Å². The van der Waals surface area contributed by atoms with Crippen LogP contribution in [-0.2, 0) is 11.8 Å².